The van der Waals surface area contributed by atoms with Crippen molar-refractivity contribution in [3.8, 4) is 0 Å². The molecule has 6 nitrogen and oxygen atoms in total. The third-order valence-electron chi connectivity index (χ3n) is 17.7. The van der Waals surface area contributed by atoms with Crippen molar-refractivity contribution in [3.05, 3.63) is 24.3 Å². The van der Waals surface area contributed by atoms with Crippen LogP contribution in [0.2, 0.25) is 0 Å². The van der Waals surface area contributed by atoms with E-state index in [1.165, 1.54) is 353 Å². The summed E-state index contributed by atoms with van der Waals surface area (Å²) >= 11 is 0. The second-order valence-corrected chi connectivity index (χ2v) is 26.0. The van der Waals surface area contributed by atoms with Crippen LogP contribution in [0.5, 0.6) is 0 Å². The van der Waals surface area contributed by atoms with Crippen molar-refractivity contribution >= 4 is 11.9 Å². The molecular weight excluding hydrogens is 1010 g/mol. The molecule has 0 bridgehead atoms. The molecule has 0 aliphatic rings. The van der Waals surface area contributed by atoms with Gasteiger partial charge < -0.3 is 20.3 Å². The fourth-order valence-electron chi connectivity index (χ4n) is 12.0. The molecular formula is C76H147NO5. The predicted molar refractivity (Wildman–Crippen MR) is 361 cm³/mol. The van der Waals surface area contributed by atoms with E-state index in [4.69, 9.17) is 4.74 Å². The zero-order valence-corrected chi connectivity index (χ0v) is 55.8. The third kappa shape index (κ3) is 67.5. The molecule has 0 saturated heterocycles. The number of esters is 1. The van der Waals surface area contributed by atoms with Gasteiger partial charge in [0.1, 0.15) is 0 Å². The largest absolute Gasteiger partial charge is 0.466 e. The first-order chi connectivity index (χ1) is 40.5. The number of carbonyl (C=O) groups excluding carboxylic acids is 2. The molecule has 3 N–H and O–H groups in total. The number of unbranched alkanes of at least 4 members (excludes halogenated alkanes) is 58. The molecule has 486 valence electrons. The minimum atomic E-state index is -0.843. The summed E-state index contributed by atoms with van der Waals surface area (Å²) in [5, 5.41) is 23.3. The minimum absolute atomic E-state index is 0.0153. The number of hydrogen-bond acceptors (Lipinski definition) is 5. The van der Waals surface area contributed by atoms with Crippen molar-refractivity contribution in [2.75, 3.05) is 13.2 Å². The van der Waals surface area contributed by atoms with Crippen LogP contribution in [0.4, 0.5) is 0 Å². The Morgan fingerprint density at radius 2 is 0.573 bits per heavy atom. The van der Waals surface area contributed by atoms with Gasteiger partial charge in [-0.1, -0.05) is 378 Å². The van der Waals surface area contributed by atoms with Crippen molar-refractivity contribution in [2.24, 2.45) is 0 Å². The summed E-state index contributed by atoms with van der Waals surface area (Å²) < 4.78 is 5.51. The normalized spacial score (nSPS) is 12.6. The van der Waals surface area contributed by atoms with Crippen LogP contribution in [0.25, 0.3) is 0 Å². The van der Waals surface area contributed by atoms with Crippen LogP contribution in [-0.4, -0.2) is 47.4 Å². The maximum atomic E-state index is 12.5. The number of aliphatic hydroxyl groups excluding tert-OH is 2. The second-order valence-electron chi connectivity index (χ2n) is 26.0. The quantitative estimate of drug-likeness (QED) is 0.0320. The molecule has 2 atom stereocenters. The van der Waals surface area contributed by atoms with Crippen LogP contribution in [0.1, 0.15) is 425 Å². The van der Waals surface area contributed by atoms with Crippen molar-refractivity contribution in [1.82, 2.24) is 5.32 Å². The number of allylic oxidation sites excluding steroid dienone is 3. The monoisotopic (exact) mass is 1150 g/mol. The maximum Gasteiger partial charge on any atom is 0.305 e. The standard InChI is InChI=1S/C76H147NO5/c1-3-5-7-9-11-13-15-17-19-21-22-30-33-37-40-44-48-52-56-60-64-68-74(79)73(72-78)77-75(80)69-65-61-57-53-49-45-41-38-34-31-28-26-24-23-25-27-29-32-35-39-43-47-51-55-59-63-67-71-82-76(81)70-66-62-58-54-50-46-42-36-20-18-16-14-12-10-8-6-4-2/h18,20,64,68,73-74,78-79H,3-17,19,21-63,65-67,69-72H2,1-2H3,(H,77,80)/b20-18-,68-64+. The molecule has 2 unspecified atom stereocenters. The van der Waals surface area contributed by atoms with Crippen LogP contribution in [0, 0.1) is 0 Å². The Bertz CT molecular complexity index is 1280. The van der Waals surface area contributed by atoms with Crippen molar-refractivity contribution in [1.29, 1.82) is 0 Å². The van der Waals surface area contributed by atoms with Gasteiger partial charge in [-0.05, 0) is 57.8 Å². The average molecular weight is 1160 g/mol. The summed E-state index contributed by atoms with van der Waals surface area (Å²) in [6, 6.07) is -0.627. The number of amides is 1. The molecule has 0 rings (SSSR count). The molecule has 0 aromatic rings. The van der Waals surface area contributed by atoms with Crippen LogP contribution >= 0.6 is 0 Å². The lowest BCUT2D eigenvalue weighted by molar-refractivity contribution is -0.143. The first-order valence-corrected chi connectivity index (χ1v) is 37.6. The van der Waals surface area contributed by atoms with Gasteiger partial charge in [-0.15, -0.1) is 0 Å². The van der Waals surface area contributed by atoms with Gasteiger partial charge in [0.05, 0.1) is 25.4 Å². The maximum absolute atomic E-state index is 12.5. The van der Waals surface area contributed by atoms with Crippen LogP contribution in [0.15, 0.2) is 24.3 Å². The van der Waals surface area contributed by atoms with Gasteiger partial charge in [0.25, 0.3) is 0 Å². The van der Waals surface area contributed by atoms with Gasteiger partial charge >= 0.3 is 5.97 Å². The first kappa shape index (κ1) is 80.3. The molecule has 0 aliphatic carbocycles. The molecule has 82 heavy (non-hydrogen) atoms. The Morgan fingerprint density at radius 1 is 0.329 bits per heavy atom. The summed E-state index contributed by atoms with van der Waals surface area (Å²) in [7, 11) is 0. The molecule has 0 fully saturated rings. The molecule has 6 heteroatoms. The van der Waals surface area contributed by atoms with Crippen molar-refractivity contribution < 1.29 is 24.5 Å². The molecule has 0 aliphatic heterocycles. The number of hydrogen-bond donors (Lipinski definition) is 3. The summed E-state index contributed by atoms with van der Waals surface area (Å²) in [5.74, 6) is -0.0454. The second kappa shape index (κ2) is 71.8. The van der Waals surface area contributed by atoms with Crippen LogP contribution in [-0.2, 0) is 14.3 Å². The number of carbonyl (C=O) groups is 2. The SMILES string of the molecule is CCCCCCCC/C=C\CCCCCCCCCC(=O)OCCCCCCCCCCCCCCCCCCCCCCCCCCCCCC(=O)NC(CO)C(O)/C=C/CCCCCCCCCCCCCCCCCCCCC. The molecule has 1 amide bonds. The highest BCUT2D eigenvalue weighted by molar-refractivity contribution is 5.76. The third-order valence-corrected chi connectivity index (χ3v) is 17.7. The predicted octanol–water partition coefficient (Wildman–Crippen LogP) is 24.5. The van der Waals surface area contributed by atoms with E-state index < -0.39 is 12.1 Å². The van der Waals surface area contributed by atoms with Gasteiger partial charge in [0.15, 0.2) is 0 Å². The van der Waals surface area contributed by atoms with E-state index in [0.29, 0.717) is 19.4 Å². The van der Waals surface area contributed by atoms with Gasteiger partial charge in [-0.3, -0.25) is 9.59 Å². The minimum Gasteiger partial charge on any atom is -0.466 e. The van der Waals surface area contributed by atoms with E-state index in [1.807, 2.05) is 6.08 Å². The Hall–Kier alpha value is -1.66. The molecule has 0 spiro atoms. The highest BCUT2D eigenvalue weighted by atomic mass is 16.5. The molecule has 0 aromatic carbocycles. The molecule has 0 aromatic heterocycles. The lowest BCUT2D eigenvalue weighted by Crippen LogP contribution is -2.45. The first-order valence-electron chi connectivity index (χ1n) is 37.6. The van der Waals surface area contributed by atoms with E-state index in [-0.39, 0.29) is 18.5 Å². The van der Waals surface area contributed by atoms with Gasteiger partial charge in [-0.25, -0.2) is 0 Å². The highest BCUT2D eigenvalue weighted by Gasteiger charge is 2.18. The molecule has 0 radical (unpaired) electrons. The Labute approximate surface area is 513 Å². The molecule has 0 heterocycles. The topological polar surface area (TPSA) is 95.9 Å². The average Bonchev–Trinajstić information content (AvgIpc) is 3.48. The number of rotatable bonds is 71. The summed E-state index contributed by atoms with van der Waals surface area (Å²) in [4.78, 5) is 24.6. The smallest absolute Gasteiger partial charge is 0.305 e. The number of nitrogens with one attached hydrogen (secondary N) is 1. The van der Waals surface area contributed by atoms with Crippen molar-refractivity contribution in [3.63, 3.8) is 0 Å². The summed E-state index contributed by atoms with van der Waals surface area (Å²) in [6.07, 6.45) is 91.3. The number of ether oxygens (including phenoxy) is 1. The lowest BCUT2D eigenvalue weighted by atomic mass is 10.0. The van der Waals surface area contributed by atoms with Crippen LogP contribution < -0.4 is 5.32 Å². The van der Waals surface area contributed by atoms with Gasteiger partial charge in [0, 0.05) is 12.8 Å². The Morgan fingerprint density at radius 3 is 0.866 bits per heavy atom. The fourth-order valence-corrected chi connectivity index (χ4v) is 12.0. The summed E-state index contributed by atoms with van der Waals surface area (Å²) in [6.45, 7) is 4.95. The Kier molecular flexibility index (Phi) is 70.4. The van der Waals surface area contributed by atoms with E-state index in [1.54, 1.807) is 6.08 Å². The Balaban J connectivity index is 3.37. The van der Waals surface area contributed by atoms with E-state index in [9.17, 15) is 19.8 Å². The van der Waals surface area contributed by atoms with E-state index in [0.717, 1.165) is 44.9 Å². The highest BCUT2D eigenvalue weighted by Crippen LogP contribution is 2.19. The fraction of sp³-hybridized carbons (Fsp3) is 0.921. The van der Waals surface area contributed by atoms with E-state index >= 15 is 0 Å². The van der Waals surface area contributed by atoms with Gasteiger partial charge in [0.2, 0.25) is 5.91 Å². The zero-order valence-electron chi connectivity index (χ0n) is 55.8. The van der Waals surface area contributed by atoms with Gasteiger partial charge in [-0.2, -0.15) is 0 Å². The molecule has 0 saturated carbocycles. The van der Waals surface area contributed by atoms with Crippen LogP contribution in [0.3, 0.4) is 0 Å². The number of aliphatic hydroxyl groups is 2. The van der Waals surface area contributed by atoms with Crippen molar-refractivity contribution in [2.45, 2.75) is 437 Å². The zero-order chi connectivity index (χ0) is 59.2. The summed E-state index contributed by atoms with van der Waals surface area (Å²) in [5.41, 5.74) is 0. The van der Waals surface area contributed by atoms with E-state index in [2.05, 4.69) is 31.3 Å². The lowest BCUT2D eigenvalue weighted by Gasteiger charge is -2.20.